The number of hydrogen-bond donors (Lipinski definition) is 0. The van der Waals surface area contributed by atoms with Gasteiger partial charge in [-0.25, -0.2) is 0 Å². The Kier molecular flexibility index (Phi) is 14.3. The van der Waals surface area contributed by atoms with Gasteiger partial charge in [-0.2, -0.15) is 0 Å². The topological polar surface area (TPSA) is 18.5 Å². The van der Waals surface area contributed by atoms with Crippen molar-refractivity contribution in [2.24, 2.45) is 0 Å². The first-order chi connectivity index (χ1) is 10.9. The Morgan fingerprint density at radius 2 is 1.18 bits per heavy atom. The van der Waals surface area contributed by atoms with Crippen LogP contribution >= 0.6 is 0 Å². The van der Waals surface area contributed by atoms with E-state index < -0.39 is 0 Å². The van der Waals surface area contributed by atoms with Crippen LogP contribution in [0.25, 0.3) is 0 Å². The first-order valence-electron chi connectivity index (χ1n) is 10.1. The van der Waals surface area contributed by atoms with Crippen molar-refractivity contribution in [3.8, 4) is 0 Å². The summed E-state index contributed by atoms with van der Waals surface area (Å²) in [5.41, 5.74) is 0. The Morgan fingerprint density at radius 1 is 0.682 bits per heavy atom. The summed E-state index contributed by atoms with van der Waals surface area (Å²) >= 11 is 0. The lowest BCUT2D eigenvalue weighted by Gasteiger charge is -2.22. The number of unbranched alkanes of at least 4 members (excludes halogenated alkanes) is 13. The second-order valence-corrected chi connectivity index (χ2v) is 6.99. The first-order valence-corrected chi connectivity index (χ1v) is 10.1. The summed E-state index contributed by atoms with van der Waals surface area (Å²) in [6.07, 6.45) is 22.9. The van der Waals surface area contributed by atoms with Gasteiger partial charge >= 0.3 is 0 Å². The second kappa shape index (κ2) is 15.8. The minimum absolute atomic E-state index is 0.478. The maximum atomic E-state index is 5.57. The molecule has 1 saturated heterocycles. The van der Waals surface area contributed by atoms with Gasteiger partial charge in [0.2, 0.25) is 0 Å². The quantitative estimate of drug-likeness (QED) is 0.316. The number of hydrogen-bond acceptors (Lipinski definition) is 2. The van der Waals surface area contributed by atoms with Crippen LogP contribution in [0.15, 0.2) is 0 Å². The van der Waals surface area contributed by atoms with Crippen molar-refractivity contribution >= 4 is 0 Å². The molecule has 0 saturated carbocycles. The molecule has 1 atom stereocenters. The molecule has 1 aliphatic heterocycles. The molecular formula is C20H40O2. The zero-order valence-corrected chi connectivity index (χ0v) is 15.1. The van der Waals surface area contributed by atoms with Gasteiger partial charge < -0.3 is 9.47 Å². The lowest BCUT2D eigenvalue weighted by molar-refractivity contribution is -0.140. The summed E-state index contributed by atoms with van der Waals surface area (Å²) in [6, 6.07) is 0. The molecule has 0 radical (unpaired) electrons. The Hall–Kier alpha value is -0.0800. The van der Waals surface area contributed by atoms with E-state index in [4.69, 9.17) is 9.47 Å². The minimum atomic E-state index is 0.478. The third kappa shape index (κ3) is 12.5. The largest absolute Gasteiger partial charge is 0.355 e. The monoisotopic (exact) mass is 312 g/mol. The average Bonchev–Trinajstić information content (AvgIpc) is 2.56. The molecular weight excluding hydrogens is 272 g/mol. The lowest BCUT2D eigenvalue weighted by Crippen LogP contribution is -2.23. The molecule has 0 N–H and O–H groups in total. The van der Waals surface area contributed by atoms with Crippen molar-refractivity contribution in [2.45, 2.75) is 116 Å². The van der Waals surface area contributed by atoms with Crippen LogP contribution in [0.2, 0.25) is 0 Å². The van der Waals surface area contributed by atoms with Crippen LogP contribution in [0, 0.1) is 0 Å². The Bertz CT molecular complexity index is 212. The number of rotatable bonds is 15. The zero-order chi connectivity index (χ0) is 15.7. The van der Waals surface area contributed by atoms with Gasteiger partial charge in [0, 0.05) is 0 Å². The summed E-state index contributed by atoms with van der Waals surface area (Å²) < 4.78 is 10.8. The molecule has 0 aromatic heterocycles. The Balaban J connectivity index is 1.68. The van der Waals surface area contributed by atoms with E-state index in [9.17, 15) is 0 Å². The highest BCUT2D eigenvalue weighted by Gasteiger charge is 2.12. The van der Waals surface area contributed by atoms with E-state index in [1.807, 2.05) is 0 Å². The van der Waals surface area contributed by atoms with Gasteiger partial charge in [0.15, 0.2) is 0 Å². The van der Waals surface area contributed by atoms with Gasteiger partial charge in [0.05, 0.1) is 12.7 Å². The molecule has 0 bridgehead atoms. The fraction of sp³-hybridized carbons (Fsp3) is 1.00. The van der Waals surface area contributed by atoms with Gasteiger partial charge in [-0.1, -0.05) is 96.8 Å². The molecule has 1 heterocycles. The predicted octanol–water partition coefficient (Wildman–Crippen LogP) is 6.62. The van der Waals surface area contributed by atoms with E-state index in [2.05, 4.69) is 6.92 Å². The highest BCUT2D eigenvalue weighted by molar-refractivity contribution is 4.60. The van der Waals surface area contributed by atoms with Crippen LogP contribution < -0.4 is 0 Å². The lowest BCUT2D eigenvalue weighted by atomic mass is 10.0. The van der Waals surface area contributed by atoms with Crippen molar-refractivity contribution in [1.82, 2.24) is 0 Å². The van der Waals surface area contributed by atoms with Crippen LogP contribution in [0.1, 0.15) is 110 Å². The molecule has 22 heavy (non-hydrogen) atoms. The summed E-state index contributed by atoms with van der Waals surface area (Å²) in [6.45, 7) is 3.70. The highest BCUT2D eigenvalue weighted by atomic mass is 16.7. The van der Waals surface area contributed by atoms with Crippen molar-refractivity contribution in [3.05, 3.63) is 0 Å². The van der Waals surface area contributed by atoms with E-state index in [1.165, 1.54) is 96.3 Å². The molecule has 1 unspecified atom stereocenters. The maximum Gasteiger partial charge on any atom is 0.147 e. The minimum Gasteiger partial charge on any atom is -0.355 e. The molecule has 0 amide bonds. The van der Waals surface area contributed by atoms with Gasteiger partial charge in [-0.05, 0) is 12.8 Å². The second-order valence-electron chi connectivity index (χ2n) is 6.99. The normalized spacial score (nSPS) is 18.7. The van der Waals surface area contributed by atoms with Crippen LogP contribution in [0.5, 0.6) is 0 Å². The number of ether oxygens (including phenoxy) is 2. The van der Waals surface area contributed by atoms with Gasteiger partial charge in [0.25, 0.3) is 0 Å². The molecule has 1 aliphatic rings. The van der Waals surface area contributed by atoms with E-state index in [0.717, 1.165) is 13.0 Å². The van der Waals surface area contributed by atoms with Crippen LogP contribution in [0.3, 0.4) is 0 Å². The summed E-state index contributed by atoms with van der Waals surface area (Å²) in [5.74, 6) is 0. The van der Waals surface area contributed by atoms with Crippen LogP contribution in [-0.2, 0) is 9.47 Å². The fourth-order valence-corrected chi connectivity index (χ4v) is 3.30. The van der Waals surface area contributed by atoms with Gasteiger partial charge in [0.1, 0.15) is 6.79 Å². The molecule has 0 aromatic rings. The average molecular weight is 313 g/mol. The molecule has 2 heteroatoms. The predicted molar refractivity (Wildman–Crippen MR) is 95.2 cm³/mol. The van der Waals surface area contributed by atoms with Gasteiger partial charge in [-0.3, -0.25) is 0 Å². The Labute approximate surface area is 139 Å². The van der Waals surface area contributed by atoms with Crippen LogP contribution in [0.4, 0.5) is 0 Å². The van der Waals surface area contributed by atoms with Crippen molar-refractivity contribution in [3.63, 3.8) is 0 Å². The summed E-state index contributed by atoms with van der Waals surface area (Å²) in [7, 11) is 0. The standard InChI is InChI=1S/C20H40O2/c1-2-3-4-5-6-7-8-9-10-11-12-13-14-15-16-20-17-18-21-19-22-20/h20H,2-19H2,1H3. The molecule has 132 valence electrons. The van der Waals surface area contributed by atoms with E-state index in [1.54, 1.807) is 0 Å². The molecule has 1 rings (SSSR count). The highest BCUT2D eigenvalue weighted by Crippen LogP contribution is 2.16. The van der Waals surface area contributed by atoms with E-state index in [0.29, 0.717) is 12.9 Å². The van der Waals surface area contributed by atoms with Crippen LogP contribution in [-0.4, -0.2) is 19.5 Å². The molecule has 0 spiro atoms. The smallest absolute Gasteiger partial charge is 0.147 e. The third-order valence-electron chi connectivity index (χ3n) is 4.85. The fourth-order valence-electron chi connectivity index (χ4n) is 3.30. The van der Waals surface area contributed by atoms with Crippen molar-refractivity contribution in [2.75, 3.05) is 13.4 Å². The molecule has 0 aromatic carbocycles. The summed E-state index contributed by atoms with van der Waals surface area (Å²) in [5, 5.41) is 0. The van der Waals surface area contributed by atoms with Crippen molar-refractivity contribution < 1.29 is 9.47 Å². The van der Waals surface area contributed by atoms with E-state index in [-0.39, 0.29) is 0 Å². The zero-order valence-electron chi connectivity index (χ0n) is 15.1. The summed E-state index contributed by atoms with van der Waals surface area (Å²) in [4.78, 5) is 0. The maximum absolute atomic E-state index is 5.57. The van der Waals surface area contributed by atoms with Gasteiger partial charge in [-0.15, -0.1) is 0 Å². The first kappa shape index (κ1) is 20.0. The van der Waals surface area contributed by atoms with E-state index >= 15 is 0 Å². The Morgan fingerprint density at radius 3 is 1.64 bits per heavy atom. The van der Waals surface area contributed by atoms with Crippen molar-refractivity contribution in [1.29, 1.82) is 0 Å². The molecule has 2 nitrogen and oxygen atoms in total. The SMILES string of the molecule is CCCCCCCCCCCCCCCCC1CCOCO1. The molecule has 1 fully saturated rings. The molecule has 0 aliphatic carbocycles. The third-order valence-corrected chi connectivity index (χ3v) is 4.85.